The summed E-state index contributed by atoms with van der Waals surface area (Å²) in [5.41, 5.74) is 3.58. The molecule has 0 saturated carbocycles. The number of hydrogen-bond acceptors (Lipinski definition) is 5. The van der Waals surface area contributed by atoms with Gasteiger partial charge in [0, 0.05) is 18.3 Å². The standard InChI is InChI=1S/C25H20Br3N3O2S2/c1-13-10-17(27)22(18(28)11-13)29-20(32)12-34-25-30-23-21(16-4-2-3-5-19(16)35-23)24(33)31(25)15-8-6-14(26)7-9-15/h6-11H,2-5,12H2,1H3,(H,29,32). The molecule has 2 heterocycles. The van der Waals surface area contributed by atoms with Crippen LogP contribution in [0.5, 0.6) is 0 Å². The van der Waals surface area contributed by atoms with E-state index in [0.717, 1.165) is 66.1 Å². The third kappa shape index (κ3) is 5.18. The second-order valence-corrected chi connectivity index (χ2v) is 13.0. The fourth-order valence-electron chi connectivity index (χ4n) is 4.23. The number of anilines is 1. The SMILES string of the molecule is Cc1cc(Br)c(NC(=O)CSc2nc3sc4c(c3c(=O)n2-c2ccc(Br)cc2)CCCC4)c(Br)c1. The molecular weight excluding hydrogens is 678 g/mol. The maximum atomic E-state index is 13.8. The predicted molar refractivity (Wildman–Crippen MR) is 155 cm³/mol. The molecule has 1 amide bonds. The molecule has 0 radical (unpaired) electrons. The van der Waals surface area contributed by atoms with E-state index in [-0.39, 0.29) is 17.2 Å². The van der Waals surface area contributed by atoms with E-state index >= 15 is 0 Å². The molecule has 5 rings (SSSR count). The van der Waals surface area contributed by atoms with Gasteiger partial charge in [0.15, 0.2) is 5.16 Å². The van der Waals surface area contributed by atoms with Crippen molar-refractivity contribution in [3.05, 3.63) is 76.2 Å². The molecule has 4 aromatic rings. The number of aryl methyl sites for hydroxylation is 3. The number of fused-ring (bicyclic) bond motifs is 3. The fraction of sp³-hybridized carbons (Fsp3) is 0.240. The number of carbonyl (C=O) groups is 1. The van der Waals surface area contributed by atoms with Gasteiger partial charge in [0.2, 0.25) is 5.91 Å². The summed E-state index contributed by atoms with van der Waals surface area (Å²) in [6.07, 6.45) is 4.16. The highest BCUT2D eigenvalue weighted by molar-refractivity contribution is 9.11. The summed E-state index contributed by atoms with van der Waals surface area (Å²) in [5.74, 6) is -0.0609. The summed E-state index contributed by atoms with van der Waals surface area (Å²) >= 11 is 13.4. The molecule has 1 aliphatic carbocycles. The number of benzene rings is 2. The molecule has 0 spiro atoms. The summed E-state index contributed by atoms with van der Waals surface area (Å²) in [7, 11) is 0. The molecule has 10 heteroatoms. The van der Waals surface area contributed by atoms with Gasteiger partial charge in [-0.25, -0.2) is 4.98 Å². The molecule has 0 aliphatic heterocycles. The van der Waals surface area contributed by atoms with Crippen molar-refractivity contribution in [2.24, 2.45) is 0 Å². The fourth-order valence-corrected chi connectivity index (χ4v) is 8.22. The zero-order valence-electron chi connectivity index (χ0n) is 18.7. The molecule has 0 atom stereocenters. The van der Waals surface area contributed by atoms with E-state index < -0.39 is 0 Å². The Bertz CT molecular complexity index is 1490. The average Bonchev–Trinajstić information content (AvgIpc) is 3.19. The molecule has 0 bridgehead atoms. The largest absolute Gasteiger partial charge is 0.323 e. The van der Waals surface area contributed by atoms with E-state index in [1.54, 1.807) is 15.9 Å². The first-order valence-corrected chi connectivity index (χ1v) is 15.2. The van der Waals surface area contributed by atoms with Gasteiger partial charge in [-0.2, -0.15) is 0 Å². The number of carbonyl (C=O) groups excluding carboxylic acids is 1. The number of aromatic nitrogens is 2. The van der Waals surface area contributed by atoms with Crippen molar-refractivity contribution < 1.29 is 4.79 Å². The van der Waals surface area contributed by atoms with Crippen LogP contribution in [-0.2, 0) is 17.6 Å². The van der Waals surface area contributed by atoms with E-state index in [1.165, 1.54) is 16.6 Å². The van der Waals surface area contributed by atoms with E-state index in [2.05, 4.69) is 53.1 Å². The first kappa shape index (κ1) is 25.2. The molecule has 0 fully saturated rings. The van der Waals surface area contributed by atoms with Crippen LogP contribution >= 0.6 is 70.9 Å². The van der Waals surface area contributed by atoms with Crippen molar-refractivity contribution >= 4 is 92.7 Å². The summed E-state index contributed by atoms with van der Waals surface area (Å²) in [5, 5.41) is 4.21. The molecule has 2 aromatic carbocycles. The molecule has 0 saturated heterocycles. The Hall–Kier alpha value is -1.46. The Morgan fingerprint density at radius 3 is 2.51 bits per heavy atom. The minimum Gasteiger partial charge on any atom is -0.323 e. The first-order valence-electron chi connectivity index (χ1n) is 11.0. The van der Waals surface area contributed by atoms with E-state index in [9.17, 15) is 9.59 Å². The van der Waals surface area contributed by atoms with Crippen LogP contribution in [0, 0.1) is 6.92 Å². The van der Waals surface area contributed by atoms with Crippen molar-refractivity contribution in [3.63, 3.8) is 0 Å². The van der Waals surface area contributed by atoms with Crippen molar-refractivity contribution in [2.75, 3.05) is 11.1 Å². The molecule has 0 unspecified atom stereocenters. The van der Waals surface area contributed by atoms with Gasteiger partial charge in [0.25, 0.3) is 5.56 Å². The third-order valence-electron chi connectivity index (χ3n) is 5.83. The lowest BCUT2D eigenvalue weighted by Crippen LogP contribution is -2.23. The van der Waals surface area contributed by atoms with Gasteiger partial charge in [-0.3, -0.25) is 14.2 Å². The van der Waals surface area contributed by atoms with Gasteiger partial charge in [-0.15, -0.1) is 11.3 Å². The van der Waals surface area contributed by atoms with Crippen molar-refractivity contribution in [2.45, 2.75) is 37.8 Å². The second-order valence-electron chi connectivity index (χ2n) is 8.34. The highest BCUT2D eigenvalue weighted by atomic mass is 79.9. The lowest BCUT2D eigenvalue weighted by atomic mass is 9.97. The number of rotatable bonds is 5. The lowest BCUT2D eigenvalue weighted by molar-refractivity contribution is -0.113. The van der Waals surface area contributed by atoms with Crippen molar-refractivity contribution in [1.82, 2.24) is 9.55 Å². The second kappa shape index (κ2) is 10.5. The zero-order valence-corrected chi connectivity index (χ0v) is 25.1. The van der Waals surface area contributed by atoms with Crippen LogP contribution in [0.15, 0.2) is 59.8 Å². The van der Waals surface area contributed by atoms with Gasteiger partial charge in [0.05, 0.1) is 22.5 Å². The molecule has 5 nitrogen and oxygen atoms in total. The topological polar surface area (TPSA) is 64.0 Å². The first-order chi connectivity index (χ1) is 16.8. The molecule has 1 N–H and O–H groups in total. The maximum absolute atomic E-state index is 13.8. The highest BCUT2D eigenvalue weighted by Gasteiger charge is 2.23. The normalized spacial score (nSPS) is 13.1. The number of thiophene rings is 1. The van der Waals surface area contributed by atoms with Crippen LogP contribution in [0.4, 0.5) is 5.69 Å². The summed E-state index contributed by atoms with van der Waals surface area (Å²) in [6, 6.07) is 11.5. The Morgan fingerprint density at radius 2 is 1.80 bits per heavy atom. The number of hydrogen-bond donors (Lipinski definition) is 1. The highest BCUT2D eigenvalue weighted by Crippen LogP contribution is 2.36. The quantitative estimate of drug-likeness (QED) is 0.172. The monoisotopic (exact) mass is 695 g/mol. The Kier molecular flexibility index (Phi) is 7.56. The van der Waals surface area contributed by atoms with Crippen LogP contribution in [0.2, 0.25) is 0 Å². The van der Waals surface area contributed by atoms with Crippen LogP contribution in [0.3, 0.4) is 0 Å². The lowest BCUT2D eigenvalue weighted by Gasteiger charge is -2.14. The van der Waals surface area contributed by atoms with Gasteiger partial charge < -0.3 is 5.32 Å². The molecule has 35 heavy (non-hydrogen) atoms. The number of thioether (sulfide) groups is 1. The summed E-state index contributed by atoms with van der Waals surface area (Å²) < 4.78 is 4.18. The molecule has 180 valence electrons. The molecular formula is C25H20Br3N3O2S2. The summed E-state index contributed by atoms with van der Waals surface area (Å²) in [6.45, 7) is 1.99. The number of nitrogens with one attached hydrogen (secondary N) is 1. The van der Waals surface area contributed by atoms with Gasteiger partial charge in [0.1, 0.15) is 4.83 Å². The Balaban J connectivity index is 1.51. The third-order valence-corrected chi connectivity index (χ3v) is 9.73. The van der Waals surface area contributed by atoms with Gasteiger partial charge in [-0.1, -0.05) is 27.7 Å². The Morgan fingerprint density at radius 1 is 1.11 bits per heavy atom. The van der Waals surface area contributed by atoms with Crippen LogP contribution < -0.4 is 10.9 Å². The van der Waals surface area contributed by atoms with E-state index in [0.29, 0.717) is 10.8 Å². The average molecular weight is 698 g/mol. The van der Waals surface area contributed by atoms with Gasteiger partial charge in [-0.05, 0) is 112 Å². The number of amides is 1. The van der Waals surface area contributed by atoms with Crippen LogP contribution in [-0.4, -0.2) is 21.2 Å². The van der Waals surface area contributed by atoms with Crippen molar-refractivity contribution in [3.8, 4) is 5.69 Å². The smallest absolute Gasteiger partial charge is 0.267 e. The maximum Gasteiger partial charge on any atom is 0.267 e. The van der Waals surface area contributed by atoms with E-state index in [4.69, 9.17) is 4.98 Å². The Labute approximate surface area is 236 Å². The van der Waals surface area contributed by atoms with Crippen LogP contribution in [0.25, 0.3) is 15.9 Å². The number of halogens is 3. The zero-order chi connectivity index (χ0) is 24.7. The van der Waals surface area contributed by atoms with Gasteiger partial charge >= 0.3 is 0 Å². The van der Waals surface area contributed by atoms with E-state index in [1.807, 2.05) is 43.3 Å². The minimum atomic E-state index is -0.178. The number of nitrogens with zero attached hydrogens (tertiary/aromatic N) is 2. The predicted octanol–water partition coefficient (Wildman–Crippen LogP) is 7.65. The summed E-state index contributed by atoms with van der Waals surface area (Å²) in [4.78, 5) is 33.6. The minimum absolute atomic E-state index is 0.0661. The molecule has 1 aliphatic rings. The van der Waals surface area contributed by atoms with Crippen LogP contribution in [0.1, 0.15) is 28.8 Å². The van der Waals surface area contributed by atoms with Crippen molar-refractivity contribution in [1.29, 1.82) is 0 Å². The molecule has 2 aromatic heterocycles.